The van der Waals surface area contributed by atoms with Crippen LogP contribution >= 0.6 is 0 Å². The van der Waals surface area contributed by atoms with Crippen LogP contribution in [0, 0.1) is 11.8 Å². The molecular weight excluding hydrogens is 280 g/mol. The summed E-state index contributed by atoms with van der Waals surface area (Å²) in [7, 11) is -3.55. The van der Waals surface area contributed by atoms with Gasteiger partial charge < -0.3 is 10.5 Å². The van der Waals surface area contributed by atoms with E-state index < -0.39 is 10.0 Å². The first-order valence-corrected chi connectivity index (χ1v) is 8.07. The third-order valence-electron chi connectivity index (χ3n) is 4.30. The van der Waals surface area contributed by atoms with Crippen LogP contribution in [0.1, 0.15) is 12.8 Å². The van der Waals surface area contributed by atoms with Crippen molar-refractivity contribution in [2.45, 2.75) is 23.8 Å². The van der Waals surface area contributed by atoms with Crippen LogP contribution in [0.15, 0.2) is 23.2 Å². The number of aliphatic hydroxyl groups excluding tert-OH is 1. The number of rotatable bonds is 3. The Bertz CT molecular complexity index is 606. The van der Waals surface area contributed by atoms with Gasteiger partial charge in [0.2, 0.25) is 10.0 Å². The van der Waals surface area contributed by atoms with Crippen LogP contribution in [0.5, 0.6) is 0 Å². The van der Waals surface area contributed by atoms with Gasteiger partial charge in [-0.25, -0.2) is 19.2 Å². The van der Waals surface area contributed by atoms with Crippen molar-refractivity contribution < 1.29 is 13.5 Å². The Labute approximate surface area is 117 Å². The van der Waals surface area contributed by atoms with Crippen molar-refractivity contribution in [1.82, 2.24) is 9.29 Å². The molecule has 0 aromatic carbocycles. The molecule has 20 heavy (non-hydrogen) atoms. The Balaban J connectivity index is 1.86. The first-order valence-electron chi connectivity index (χ1n) is 6.63. The Morgan fingerprint density at radius 2 is 2.20 bits per heavy atom. The predicted molar refractivity (Wildman–Crippen MR) is 73.0 cm³/mol. The van der Waals surface area contributed by atoms with Crippen molar-refractivity contribution in [1.29, 1.82) is 0 Å². The molecule has 1 aromatic heterocycles. The van der Waals surface area contributed by atoms with Gasteiger partial charge in [-0.2, -0.15) is 4.31 Å². The minimum absolute atomic E-state index is 0.0683. The maximum absolute atomic E-state index is 12.6. The number of aromatic nitrogens is 1. The molecule has 1 aliphatic heterocycles. The SMILES string of the molecule is NNc1cc(S(=O)(=O)N2CC3CCC(O)C3C2)ccn1. The van der Waals surface area contributed by atoms with E-state index >= 15 is 0 Å². The minimum Gasteiger partial charge on any atom is -0.393 e. The van der Waals surface area contributed by atoms with E-state index in [-0.39, 0.29) is 22.8 Å². The van der Waals surface area contributed by atoms with E-state index in [1.807, 2.05) is 0 Å². The molecule has 1 aromatic rings. The van der Waals surface area contributed by atoms with E-state index in [0.717, 1.165) is 12.8 Å². The maximum Gasteiger partial charge on any atom is 0.243 e. The molecule has 3 unspecified atom stereocenters. The number of nitrogens with zero attached hydrogens (tertiary/aromatic N) is 2. The second-order valence-corrected chi connectivity index (χ2v) is 7.35. The van der Waals surface area contributed by atoms with Gasteiger partial charge in [-0.3, -0.25) is 0 Å². The van der Waals surface area contributed by atoms with Crippen molar-refractivity contribution in [3.63, 3.8) is 0 Å². The Hall–Kier alpha value is -1.22. The van der Waals surface area contributed by atoms with E-state index in [1.165, 1.54) is 22.6 Å². The molecular formula is C12H18N4O3S. The number of hydrogen-bond donors (Lipinski definition) is 3. The van der Waals surface area contributed by atoms with Crippen LogP contribution in [0.2, 0.25) is 0 Å². The van der Waals surface area contributed by atoms with E-state index in [9.17, 15) is 13.5 Å². The molecule has 0 spiro atoms. The topological polar surface area (TPSA) is 109 Å². The van der Waals surface area contributed by atoms with Crippen LogP contribution in [0.4, 0.5) is 5.82 Å². The van der Waals surface area contributed by atoms with E-state index in [4.69, 9.17) is 5.84 Å². The highest BCUT2D eigenvalue weighted by molar-refractivity contribution is 7.89. The molecule has 0 amide bonds. The molecule has 7 nitrogen and oxygen atoms in total. The van der Waals surface area contributed by atoms with E-state index in [2.05, 4.69) is 10.4 Å². The minimum atomic E-state index is -3.55. The van der Waals surface area contributed by atoms with Gasteiger partial charge in [0.05, 0.1) is 11.0 Å². The number of hydrazine groups is 1. The number of nitrogens with one attached hydrogen (secondary N) is 1. The van der Waals surface area contributed by atoms with Gasteiger partial charge in [0.25, 0.3) is 0 Å². The number of sulfonamides is 1. The molecule has 110 valence electrons. The quantitative estimate of drug-likeness (QED) is 0.525. The lowest BCUT2D eigenvalue weighted by molar-refractivity contribution is 0.129. The zero-order chi connectivity index (χ0) is 14.3. The molecule has 2 heterocycles. The lowest BCUT2D eigenvalue weighted by Crippen LogP contribution is -2.31. The zero-order valence-electron chi connectivity index (χ0n) is 10.9. The highest BCUT2D eigenvalue weighted by atomic mass is 32.2. The molecule has 8 heteroatoms. The Kier molecular flexibility index (Phi) is 3.41. The van der Waals surface area contributed by atoms with Gasteiger partial charge >= 0.3 is 0 Å². The second-order valence-electron chi connectivity index (χ2n) is 5.41. The highest BCUT2D eigenvalue weighted by Gasteiger charge is 2.45. The first kappa shape index (κ1) is 13.7. The van der Waals surface area contributed by atoms with E-state index in [1.54, 1.807) is 0 Å². The first-order chi connectivity index (χ1) is 9.52. The van der Waals surface area contributed by atoms with Crippen molar-refractivity contribution in [3.05, 3.63) is 18.3 Å². The lowest BCUT2D eigenvalue weighted by Gasteiger charge is -2.18. The van der Waals surface area contributed by atoms with Crippen molar-refractivity contribution in [2.24, 2.45) is 17.7 Å². The molecule has 3 rings (SSSR count). The van der Waals surface area contributed by atoms with Gasteiger partial charge in [-0.05, 0) is 24.8 Å². The fourth-order valence-corrected chi connectivity index (χ4v) is 4.74. The molecule has 2 fully saturated rings. The van der Waals surface area contributed by atoms with Crippen molar-refractivity contribution in [2.75, 3.05) is 18.5 Å². The fraction of sp³-hybridized carbons (Fsp3) is 0.583. The summed E-state index contributed by atoms with van der Waals surface area (Å²) >= 11 is 0. The molecule has 0 bridgehead atoms. The van der Waals surface area contributed by atoms with Gasteiger partial charge in [0.15, 0.2) is 0 Å². The smallest absolute Gasteiger partial charge is 0.243 e. The van der Waals surface area contributed by atoms with Crippen LogP contribution in [0.3, 0.4) is 0 Å². The number of anilines is 1. The monoisotopic (exact) mass is 298 g/mol. The predicted octanol–water partition coefficient (Wildman–Crippen LogP) is -0.241. The number of nitrogen functional groups attached to an aromatic ring is 1. The number of fused-ring (bicyclic) bond motifs is 1. The third kappa shape index (κ3) is 2.18. The zero-order valence-corrected chi connectivity index (χ0v) is 11.8. The average molecular weight is 298 g/mol. The molecule has 0 radical (unpaired) electrons. The summed E-state index contributed by atoms with van der Waals surface area (Å²) in [5.74, 6) is 5.91. The van der Waals surface area contributed by atoms with E-state index in [0.29, 0.717) is 18.9 Å². The largest absolute Gasteiger partial charge is 0.393 e. The number of hydrogen-bond acceptors (Lipinski definition) is 6. The van der Waals surface area contributed by atoms with Crippen LogP contribution in [-0.4, -0.2) is 42.0 Å². The molecule has 1 saturated heterocycles. The van der Waals surface area contributed by atoms with Gasteiger partial charge in [-0.1, -0.05) is 0 Å². The summed E-state index contributed by atoms with van der Waals surface area (Å²) in [4.78, 5) is 4.08. The lowest BCUT2D eigenvalue weighted by atomic mass is 10.00. The summed E-state index contributed by atoms with van der Waals surface area (Å²) in [6, 6.07) is 2.88. The van der Waals surface area contributed by atoms with Crippen LogP contribution in [0.25, 0.3) is 0 Å². The fourth-order valence-electron chi connectivity index (χ4n) is 3.19. The van der Waals surface area contributed by atoms with Gasteiger partial charge in [0, 0.05) is 31.3 Å². The van der Waals surface area contributed by atoms with Gasteiger partial charge in [0.1, 0.15) is 5.82 Å². The van der Waals surface area contributed by atoms with Gasteiger partial charge in [-0.15, -0.1) is 0 Å². The summed E-state index contributed by atoms with van der Waals surface area (Å²) in [5, 5.41) is 9.88. The third-order valence-corrected chi connectivity index (χ3v) is 6.13. The van der Waals surface area contributed by atoms with Crippen LogP contribution in [-0.2, 0) is 10.0 Å². The molecule has 3 atom stereocenters. The Morgan fingerprint density at radius 3 is 2.90 bits per heavy atom. The summed E-state index contributed by atoms with van der Waals surface area (Å²) in [6.45, 7) is 0.875. The maximum atomic E-state index is 12.6. The highest BCUT2D eigenvalue weighted by Crippen LogP contribution is 2.40. The van der Waals surface area contributed by atoms with Crippen LogP contribution < -0.4 is 11.3 Å². The summed E-state index contributed by atoms with van der Waals surface area (Å²) < 4.78 is 26.6. The molecule has 2 aliphatic rings. The van der Waals surface area contributed by atoms with Crippen molar-refractivity contribution >= 4 is 15.8 Å². The Morgan fingerprint density at radius 1 is 1.40 bits per heavy atom. The normalized spacial score (nSPS) is 30.4. The molecule has 1 saturated carbocycles. The number of pyridine rings is 1. The van der Waals surface area contributed by atoms with Crippen molar-refractivity contribution in [3.8, 4) is 0 Å². The molecule has 1 aliphatic carbocycles. The summed E-state index contributed by atoms with van der Waals surface area (Å²) in [6.07, 6.45) is 2.70. The number of aliphatic hydroxyl groups is 1. The number of nitrogens with two attached hydrogens (primary N) is 1. The average Bonchev–Trinajstić information content (AvgIpc) is 3.02. The standard InChI is InChI=1S/C12H18N4O3S/c13-15-12-5-9(3-4-14-12)20(18,19)16-6-8-1-2-11(17)10(8)7-16/h3-5,8,10-11,17H,1-2,6-7,13H2,(H,14,15). The molecule has 4 N–H and O–H groups in total. The second kappa shape index (κ2) is 4.96. The summed E-state index contributed by atoms with van der Waals surface area (Å²) in [5.41, 5.74) is 2.34.